The number of carbonyl (C=O) groups excluding carboxylic acids is 1. The van der Waals surface area contributed by atoms with Gasteiger partial charge in [-0.1, -0.05) is 20.8 Å². The van der Waals surface area contributed by atoms with Crippen molar-refractivity contribution in [3.8, 4) is 0 Å². The van der Waals surface area contributed by atoms with Gasteiger partial charge in [0.25, 0.3) is 0 Å². The average Bonchev–Trinajstić information content (AvgIpc) is 2.04. The van der Waals surface area contributed by atoms with E-state index < -0.39 is 0 Å². The second-order valence-corrected chi connectivity index (χ2v) is 5.08. The number of hydrogen-bond acceptors (Lipinski definition) is 1. The lowest BCUT2D eigenvalue weighted by Gasteiger charge is -2.34. The van der Waals surface area contributed by atoms with Crippen LogP contribution < -0.4 is 0 Å². The molecular formula is C11H19ClO. The summed E-state index contributed by atoms with van der Waals surface area (Å²) in [6, 6.07) is 0. The van der Waals surface area contributed by atoms with E-state index in [1.165, 1.54) is 6.42 Å². The maximum Gasteiger partial charge on any atom is 0.224 e. The second-order valence-electron chi connectivity index (χ2n) is 4.71. The van der Waals surface area contributed by atoms with Gasteiger partial charge in [0.15, 0.2) is 0 Å². The van der Waals surface area contributed by atoms with Gasteiger partial charge in [-0.2, -0.15) is 0 Å². The quantitative estimate of drug-likeness (QED) is 0.627. The zero-order chi connectivity index (χ0) is 10.0. The first kappa shape index (κ1) is 11.0. The van der Waals surface area contributed by atoms with Gasteiger partial charge in [-0.15, -0.1) is 0 Å². The largest absolute Gasteiger partial charge is 0.281 e. The number of rotatable bonds is 2. The Hall–Kier alpha value is -0.0400. The van der Waals surface area contributed by atoms with Crippen LogP contribution in [0.2, 0.25) is 0 Å². The number of carbonyl (C=O) groups is 1. The molecule has 0 aromatic rings. The summed E-state index contributed by atoms with van der Waals surface area (Å²) in [5.74, 6) is 1.98. The van der Waals surface area contributed by atoms with Gasteiger partial charge in [0.05, 0.1) is 0 Å². The van der Waals surface area contributed by atoms with E-state index in [-0.39, 0.29) is 11.2 Å². The highest BCUT2D eigenvalue weighted by atomic mass is 35.5. The lowest BCUT2D eigenvalue weighted by Crippen LogP contribution is -2.29. The van der Waals surface area contributed by atoms with Crippen LogP contribution in [0.15, 0.2) is 0 Å². The molecule has 0 bridgehead atoms. The number of hydrogen-bond donors (Lipinski definition) is 0. The van der Waals surface area contributed by atoms with Crippen molar-refractivity contribution in [2.24, 2.45) is 23.7 Å². The van der Waals surface area contributed by atoms with Gasteiger partial charge in [0.1, 0.15) is 0 Å². The Morgan fingerprint density at radius 2 is 2.00 bits per heavy atom. The van der Waals surface area contributed by atoms with Gasteiger partial charge in [0.2, 0.25) is 5.24 Å². The van der Waals surface area contributed by atoms with Crippen LogP contribution in [0.4, 0.5) is 0 Å². The van der Waals surface area contributed by atoms with E-state index in [1.54, 1.807) is 0 Å². The highest BCUT2D eigenvalue weighted by molar-refractivity contribution is 6.64. The first-order valence-electron chi connectivity index (χ1n) is 5.21. The normalized spacial score (nSPS) is 35.0. The Morgan fingerprint density at radius 3 is 2.46 bits per heavy atom. The highest BCUT2D eigenvalue weighted by Gasteiger charge is 2.32. The molecule has 0 saturated heterocycles. The lowest BCUT2D eigenvalue weighted by atomic mass is 9.72. The minimum atomic E-state index is -0.127. The summed E-state index contributed by atoms with van der Waals surface area (Å²) in [6.45, 7) is 6.61. The van der Waals surface area contributed by atoms with Crippen molar-refractivity contribution in [2.45, 2.75) is 40.0 Å². The molecule has 1 aliphatic rings. The third kappa shape index (κ3) is 2.70. The van der Waals surface area contributed by atoms with E-state index in [4.69, 9.17) is 11.6 Å². The topological polar surface area (TPSA) is 17.1 Å². The predicted molar refractivity (Wildman–Crippen MR) is 55.7 cm³/mol. The molecule has 76 valence electrons. The Bertz CT molecular complexity index is 189. The van der Waals surface area contributed by atoms with Crippen LogP contribution in [-0.2, 0) is 4.79 Å². The Labute approximate surface area is 85.8 Å². The van der Waals surface area contributed by atoms with Crippen molar-refractivity contribution in [2.75, 3.05) is 0 Å². The van der Waals surface area contributed by atoms with Crippen LogP contribution in [0.25, 0.3) is 0 Å². The van der Waals surface area contributed by atoms with E-state index in [0.717, 1.165) is 12.8 Å². The minimum absolute atomic E-state index is 0.114. The van der Waals surface area contributed by atoms with Gasteiger partial charge in [-0.25, -0.2) is 0 Å². The molecule has 0 spiro atoms. The van der Waals surface area contributed by atoms with E-state index in [0.29, 0.717) is 17.8 Å². The molecule has 2 heteroatoms. The monoisotopic (exact) mass is 202 g/mol. The maximum absolute atomic E-state index is 11.1. The van der Waals surface area contributed by atoms with Crippen LogP contribution in [-0.4, -0.2) is 5.24 Å². The molecule has 0 aromatic carbocycles. The molecule has 0 aliphatic heterocycles. The van der Waals surface area contributed by atoms with Crippen molar-refractivity contribution in [3.05, 3.63) is 0 Å². The molecule has 1 nitrogen and oxygen atoms in total. The number of halogens is 1. The maximum atomic E-state index is 11.1. The van der Waals surface area contributed by atoms with E-state index >= 15 is 0 Å². The Kier molecular flexibility index (Phi) is 3.78. The van der Waals surface area contributed by atoms with Gasteiger partial charge in [-0.3, -0.25) is 4.79 Å². The smallest absolute Gasteiger partial charge is 0.224 e. The first-order valence-corrected chi connectivity index (χ1v) is 5.59. The Balaban J connectivity index is 2.58. The SMILES string of the molecule is CC(C)[C@H]1CC[C@H](C)[C@H](C(=O)Cl)C1. The molecule has 1 fully saturated rings. The van der Waals surface area contributed by atoms with Crippen LogP contribution in [0.5, 0.6) is 0 Å². The molecule has 0 aromatic heterocycles. The predicted octanol–water partition coefficient (Wildman–Crippen LogP) is 3.46. The van der Waals surface area contributed by atoms with Crippen molar-refractivity contribution in [1.82, 2.24) is 0 Å². The molecule has 3 atom stereocenters. The lowest BCUT2D eigenvalue weighted by molar-refractivity contribution is -0.118. The van der Waals surface area contributed by atoms with Crippen molar-refractivity contribution in [3.63, 3.8) is 0 Å². The fourth-order valence-corrected chi connectivity index (χ4v) is 2.58. The fourth-order valence-electron chi connectivity index (χ4n) is 2.28. The van der Waals surface area contributed by atoms with Gasteiger partial charge in [-0.05, 0) is 48.6 Å². The summed E-state index contributed by atoms with van der Waals surface area (Å²) in [6.07, 6.45) is 3.42. The van der Waals surface area contributed by atoms with Crippen LogP contribution in [0, 0.1) is 23.7 Å². The minimum Gasteiger partial charge on any atom is -0.281 e. The van der Waals surface area contributed by atoms with Crippen molar-refractivity contribution in [1.29, 1.82) is 0 Å². The van der Waals surface area contributed by atoms with Gasteiger partial charge < -0.3 is 0 Å². The zero-order valence-corrected chi connectivity index (χ0v) is 9.47. The second kappa shape index (κ2) is 4.45. The summed E-state index contributed by atoms with van der Waals surface area (Å²) >= 11 is 5.58. The van der Waals surface area contributed by atoms with Crippen molar-refractivity contribution >= 4 is 16.8 Å². The molecule has 13 heavy (non-hydrogen) atoms. The molecule has 0 amide bonds. The van der Waals surface area contributed by atoms with E-state index in [2.05, 4.69) is 20.8 Å². The third-order valence-corrected chi connectivity index (χ3v) is 3.75. The molecule has 0 heterocycles. The van der Waals surface area contributed by atoms with Crippen LogP contribution >= 0.6 is 11.6 Å². The first-order chi connectivity index (χ1) is 6.02. The molecule has 0 N–H and O–H groups in total. The molecule has 1 rings (SSSR count). The third-order valence-electron chi connectivity index (χ3n) is 3.47. The fraction of sp³-hybridized carbons (Fsp3) is 0.909. The van der Waals surface area contributed by atoms with E-state index in [9.17, 15) is 4.79 Å². The Morgan fingerprint density at radius 1 is 1.38 bits per heavy atom. The van der Waals surface area contributed by atoms with Crippen LogP contribution in [0.1, 0.15) is 40.0 Å². The molecule has 0 radical (unpaired) electrons. The summed E-state index contributed by atoms with van der Waals surface area (Å²) in [4.78, 5) is 11.1. The highest BCUT2D eigenvalue weighted by Crippen LogP contribution is 2.38. The molecule has 1 aliphatic carbocycles. The summed E-state index contributed by atoms with van der Waals surface area (Å²) < 4.78 is 0. The molecule has 0 unspecified atom stereocenters. The van der Waals surface area contributed by atoms with Gasteiger partial charge in [0, 0.05) is 5.92 Å². The molecular weight excluding hydrogens is 184 g/mol. The van der Waals surface area contributed by atoms with Gasteiger partial charge >= 0.3 is 0 Å². The summed E-state index contributed by atoms with van der Waals surface area (Å²) in [5, 5.41) is -0.127. The zero-order valence-electron chi connectivity index (χ0n) is 8.72. The van der Waals surface area contributed by atoms with Crippen LogP contribution in [0.3, 0.4) is 0 Å². The van der Waals surface area contributed by atoms with Crippen molar-refractivity contribution < 1.29 is 4.79 Å². The van der Waals surface area contributed by atoms with E-state index in [1.807, 2.05) is 0 Å². The average molecular weight is 203 g/mol. The summed E-state index contributed by atoms with van der Waals surface area (Å²) in [7, 11) is 0. The molecule has 1 saturated carbocycles. The summed E-state index contributed by atoms with van der Waals surface area (Å²) in [5.41, 5.74) is 0. The standard InChI is InChI=1S/C11H19ClO/c1-7(2)9-5-4-8(3)10(6-9)11(12)13/h7-10H,4-6H2,1-3H3/t8-,9-,10+/m0/s1.